The van der Waals surface area contributed by atoms with Gasteiger partial charge in [0, 0.05) is 32.6 Å². The molecule has 2 aliphatic heterocycles. The van der Waals surface area contributed by atoms with Gasteiger partial charge in [0.25, 0.3) is 0 Å². The number of carbonyl (C=O) groups is 3. The maximum atomic E-state index is 12.0. The number of rotatable bonds is 4. The van der Waals surface area contributed by atoms with E-state index in [9.17, 15) is 14.4 Å². The average Bonchev–Trinajstić information content (AvgIpc) is 2.81. The topological polar surface area (TPSA) is 87.7 Å². The van der Waals surface area contributed by atoms with Crippen LogP contribution in [-0.4, -0.2) is 55.6 Å². The molecule has 2 fully saturated rings. The van der Waals surface area contributed by atoms with E-state index in [0.29, 0.717) is 32.7 Å². The second kappa shape index (κ2) is 6.78. The lowest BCUT2D eigenvalue weighted by Crippen LogP contribution is -2.48. The highest BCUT2D eigenvalue weighted by atomic mass is 16.5. The van der Waals surface area contributed by atoms with Gasteiger partial charge in [-0.15, -0.1) is 0 Å². The minimum absolute atomic E-state index is 0.0405. The van der Waals surface area contributed by atoms with Crippen molar-refractivity contribution in [1.82, 2.24) is 15.5 Å². The highest BCUT2D eigenvalue weighted by Gasteiger charge is 2.41. The molecule has 2 aliphatic rings. The predicted octanol–water partition coefficient (Wildman–Crippen LogP) is 0.251. The molecule has 0 aromatic carbocycles. The van der Waals surface area contributed by atoms with Gasteiger partial charge in [0.1, 0.15) is 0 Å². The molecule has 2 N–H and O–H groups in total. The molecule has 0 atom stereocenters. The largest absolute Gasteiger partial charge is 0.466 e. The van der Waals surface area contributed by atoms with Gasteiger partial charge in [-0.3, -0.25) is 9.59 Å². The zero-order valence-electron chi connectivity index (χ0n) is 12.4. The summed E-state index contributed by atoms with van der Waals surface area (Å²) in [4.78, 5) is 36.3. The molecule has 3 amide bonds. The molecule has 118 valence electrons. The quantitative estimate of drug-likeness (QED) is 0.728. The SMILES string of the molecule is CCOC(=O)CCNC(=O)N1CCC2(CC1)CNC(=O)C2. The van der Waals surface area contributed by atoms with Crippen LogP contribution in [0.4, 0.5) is 4.79 Å². The van der Waals surface area contributed by atoms with Crippen molar-refractivity contribution in [3.63, 3.8) is 0 Å². The molecule has 0 radical (unpaired) electrons. The Morgan fingerprint density at radius 3 is 2.67 bits per heavy atom. The molecule has 0 unspecified atom stereocenters. The van der Waals surface area contributed by atoms with Gasteiger partial charge in [-0.2, -0.15) is 0 Å². The summed E-state index contributed by atoms with van der Waals surface area (Å²) in [6, 6.07) is -0.147. The van der Waals surface area contributed by atoms with Crippen molar-refractivity contribution in [2.75, 3.05) is 32.8 Å². The first-order valence-corrected chi connectivity index (χ1v) is 7.50. The molecule has 2 rings (SSSR count). The van der Waals surface area contributed by atoms with Gasteiger partial charge in [0.05, 0.1) is 13.0 Å². The Morgan fingerprint density at radius 2 is 2.10 bits per heavy atom. The molecule has 0 aliphatic carbocycles. The summed E-state index contributed by atoms with van der Waals surface area (Å²) in [5, 5.41) is 5.61. The van der Waals surface area contributed by atoms with Crippen molar-refractivity contribution < 1.29 is 19.1 Å². The first-order chi connectivity index (χ1) is 10.0. The molecule has 7 heteroatoms. The fraction of sp³-hybridized carbons (Fsp3) is 0.786. The van der Waals surface area contributed by atoms with Gasteiger partial charge < -0.3 is 20.3 Å². The third-order valence-corrected chi connectivity index (χ3v) is 4.22. The van der Waals surface area contributed by atoms with Gasteiger partial charge in [0.2, 0.25) is 5.91 Å². The number of nitrogens with zero attached hydrogens (tertiary/aromatic N) is 1. The van der Waals surface area contributed by atoms with E-state index in [1.165, 1.54) is 0 Å². The van der Waals surface area contributed by atoms with Gasteiger partial charge in [0.15, 0.2) is 0 Å². The van der Waals surface area contributed by atoms with Crippen molar-refractivity contribution in [3.05, 3.63) is 0 Å². The zero-order valence-corrected chi connectivity index (χ0v) is 12.4. The number of nitrogens with one attached hydrogen (secondary N) is 2. The molecular formula is C14H23N3O4. The van der Waals surface area contributed by atoms with Crippen LogP contribution >= 0.6 is 0 Å². The van der Waals surface area contributed by atoms with Crippen LogP contribution in [0.3, 0.4) is 0 Å². The van der Waals surface area contributed by atoms with Crippen LogP contribution in [0.5, 0.6) is 0 Å². The first-order valence-electron chi connectivity index (χ1n) is 7.50. The van der Waals surface area contributed by atoms with Crippen molar-refractivity contribution in [3.8, 4) is 0 Å². The molecule has 1 spiro atoms. The summed E-state index contributed by atoms with van der Waals surface area (Å²) in [6.45, 7) is 4.43. The van der Waals surface area contributed by atoms with Crippen LogP contribution in [0.15, 0.2) is 0 Å². The Hall–Kier alpha value is -1.79. The van der Waals surface area contributed by atoms with Crippen LogP contribution in [0.2, 0.25) is 0 Å². The average molecular weight is 297 g/mol. The summed E-state index contributed by atoms with van der Waals surface area (Å²) in [7, 11) is 0. The van der Waals surface area contributed by atoms with E-state index in [2.05, 4.69) is 10.6 Å². The third kappa shape index (κ3) is 4.09. The van der Waals surface area contributed by atoms with Gasteiger partial charge in [-0.25, -0.2) is 4.79 Å². The Bertz CT molecular complexity index is 416. The number of amides is 3. The lowest BCUT2D eigenvalue weighted by atomic mass is 9.78. The lowest BCUT2D eigenvalue weighted by molar-refractivity contribution is -0.142. The first kappa shape index (κ1) is 15.6. The lowest BCUT2D eigenvalue weighted by Gasteiger charge is -2.38. The van der Waals surface area contributed by atoms with Crippen molar-refractivity contribution in [2.45, 2.75) is 32.6 Å². The number of likely N-dealkylation sites (tertiary alicyclic amines) is 1. The zero-order chi connectivity index (χ0) is 15.3. The summed E-state index contributed by atoms with van der Waals surface area (Å²) in [5.74, 6) is -0.187. The van der Waals surface area contributed by atoms with Gasteiger partial charge >= 0.3 is 12.0 Å². The highest BCUT2D eigenvalue weighted by Crippen LogP contribution is 2.37. The standard InChI is InChI=1S/C14H23N3O4/c1-2-21-12(19)3-6-15-13(20)17-7-4-14(5-8-17)9-11(18)16-10-14/h2-10H2,1H3,(H,15,20)(H,16,18). The monoisotopic (exact) mass is 297 g/mol. The smallest absolute Gasteiger partial charge is 0.317 e. The maximum absolute atomic E-state index is 12.0. The van der Waals surface area contributed by atoms with Crippen LogP contribution in [0.1, 0.15) is 32.6 Å². The number of hydrogen-bond donors (Lipinski definition) is 2. The Kier molecular flexibility index (Phi) is 5.03. The van der Waals surface area contributed by atoms with Crippen LogP contribution < -0.4 is 10.6 Å². The molecule has 0 aromatic rings. The van der Waals surface area contributed by atoms with Crippen LogP contribution in [0, 0.1) is 5.41 Å². The Balaban J connectivity index is 1.68. The number of hydrogen-bond acceptors (Lipinski definition) is 4. The highest BCUT2D eigenvalue weighted by molar-refractivity contribution is 5.79. The molecule has 0 aromatic heterocycles. The van der Waals surface area contributed by atoms with E-state index >= 15 is 0 Å². The summed E-state index contributed by atoms with van der Waals surface area (Å²) in [5.41, 5.74) is 0.0405. The fourth-order valence-electron chi connectivity index (χ4n) is 2.91. The van der Waals surface area contributed by atoms with Crippen molar-refractivity contribution >= 4 is 17.9 Å². The molecule has 21 heavy (non-hydrogen) atoms. The second-order valence-electron chi connectivity index (χ2n) is 5.73. The van der Waals surface area contributed by atoms with E-state index in [4.69, 9.17) is 4.74 Å². The van der Waals surface area contributed by atoms with E-state index in [-0.39, 0.29) is 29.7 Å². The predicted molar refractivity (Wildman–Crippen MR) is 75.5 cm³/mol. The minimum atomic E-state index is -0.300. The number of urea groups is 1. The van der Waals surface area contributed by atoms with E-state index in [0.717, 1.165) is 19.4 Å². The number of carbonyl (C=O) groups excluding carboxylic acids is 3. The normalized spacial score (nSPS) is 20.2. The molecule has 0 saturated carbocycles. The number of piperidine rings is 1. The number of ether oxygens (including phenoxy) is 1. The summed E-state index contributed by atoms with van der Waals surface area (Å²) < 4.78 is 4.80. The molecule has 2 saturated heterocycles. The van der Waals surface area contributed by atoms with E-state index < -0.39 is 0 Å². The van der Waals surface area contributed by atoms with Gasteiger partial charge in [-0.05, 0) is 25.2 Å². The molecule has 7 nitrogen and oxygen atoms in total. The van der Waals surface area contributed by atoms with Crippen molar-refractivity contribution in [1.29, 1.82) is 0 Å². The van der Waals surface area contributed by atoms with Crippen LogP contribution in [-0.2, 0) is 14.3 Å². The second-order valence-corrected chi connectivity index (χ2v) is 5.73. The van der Waals surface area contributed by atoms with Crippen molar-refractivity contribution in [2.24, 2.45) is 5.41 Å². The third-order valence-electron chi connectivity index (χ3n) is 4.22. The molecule has 2 heterocycles. The fourth-order valence-corrected chi connectivity index (χ4v) is 2.91. The number of esters is 1. The van der Waals surface area contributed by atoms with E-state index in [1.807, 2.05) is 0 Å². The van der Waals surface area contributed by atoms with Crippen LogP contribution in [0.25, 0.3) is 0 Å². The Morgan fingerprint density at radius 1 is 1.38 bits per heavy atom. The summed E-state index contributed by atoms with van der Waals surface area (Å²) >= 11 is 0. The minimum Gasteiger partial charge on any atom is -0.466 e. The van der Waals surface area contributed by atoms with E-state index in [1.54, 1.807) is 11.8 Å². The summed E-state index contributed by atoms with van der Waals surface area (Å²) in [6.07, 6.45) is 2.45. The Labute approximate surface area is 124 Å². The molecular weight excluding hydrogens is 274 g/mol. The van der Waals surface area contributed by atoms with Gasteiger partial charge in [-0.1, -0.05) is 0 Å². The molecule has 0 bridgehead atoms. The maximum Gasteiger partial charge on any atom is 0.317 e.